The molecule has 0 bridgehead atoms. The minimum absolute atomic E-state index is 0.197. The Morgan fingerprint density at radius 2 is 2.06 bits per heavy atom. The van der Waals surface area contributed by atoms with Gasteiger partial charge in [-0.05, 0) is 43.5 Å². The Balaban J connectivity index is 2.64. The lowest BCUT2D eigenvalue weighted by molar-refractivity contribution is 0.464. The van der Waals surface area contributed by atoms with E-state index in [1.165, 1.54) is 6.07 Å². The third-order valence-corrected chi connectivity index (χ3v) is 3.04. The molecule has 0 heterocycles. The topological polar surface area (TPSA) is 12.0 Å². The summed E-state index contributed by atoms with van der Waals surface area (Å²) in [5.41, 5.74) is 0.747. The molecule has 0 aliphatic rings. The highest BCUT2D eigenvalue weighted by molar-refractivity contribution is 6.30. The Morgan fingerprint density at radius 1 is 1.29 bits per heavy atom. The SMILES string of the molecule is CCCNC(CCC)Cc1ccc(Cl)cc1F. The van der Waals surface area contributed by atoms with Crippen LogP contribution >= 0.6 is 11.6 Å². The van der Waals surface area contributed by atoms with Crippen LogP contribution < -0.4 is 5.32 Å². The van der Waals surface area contributed by atoms with Crippen molar-refractivity contribution >= 4 is 11.6 Å². The van der Waals surface area contributed by atoms with Crippen molar-refractivity contribution in [2.24, 2.45) is 0 Å². The Morgan fingerprint density at radius 3 is 2.65 bits per heavy atom. The molecular formula is C14H21ClFN. The Kier molecular flexibility index (Phi) is 6.53. The largest absolute Gasteiger partial charge is 0.314 e. The molecule has 1 atom stereocenters. The molecule has 1 N–H and O–H groups in total. The normalized spacial score (nSPS) is 12.7. The molecular weight excluding hydrogens is 237 g/mol. The zero-order chi connectivity index (χ0) is 12.7. The van der Waals surface area contributed by atoms with Gasteiger partial charge in [-0.2, -0.15) is 0 Å². The van der Waals surface area contributed by atoms with E-state index in [2.05, 4.69) is 19.2 Å². The highest BCUT2D eigenvalue weighted by Crippen LogP contribution is 2.17. The fourth-order valence-corrected chi connectivity index (χ4v) is 2.08. The molecule has 96 valence electrons. The van der Waals surface area contributed by atoms with Gasteiger partial charge in [-0.15, -0.1) is 0 Å². The highest BCUT2D eigenvalue weighted by atomic mass is 35.5. The van der Waals surface area contributed by atoms with Gasteiger partial charge in [-0.1, -0.05) is 37.9 Å². The molecule has 0 fully saturated rings. The smallest absolute Gasteiger partial charge is 0.127 e. The van der Waals surface area contributed by atoms with Crippen LogP contribution in [0.15, 0.2) is 18.2 Å². The van der Waals surface area contributed by atoms with E-state index in [-0.39, 0.29) is 5.82 Å². The van der Waals surface area contributed by atoms with Crippen molar-refractivity contribution in [3.63, 3.8) is 0 Å². The fraction of sp³-hybridized carbons (Fsp3) is 0.571. The van der Waals surface area contributed by atoms with Crippen LogP contribution in [0.4, 0.5) is 4.39 Å². The van der Waals surface area contributed by atoms with Gasteiger partial charge >= 0.3 is 0 Å². The number of nitrogens with one attached hydrogen (secondary N) is 1. The minimum Gasteiger partial charge on any atom is -0.314 e. The third kappa shape index (κ3) is 5.05. The summed E-state index contributed by atoms with van der Waals surface area (Å²) in [5, 5.41) is 3.92. The molecule has 0 radical (unpaired) electrons. The summed E-state index contributed by atoms with van der Waals surface area (Å²) in [6, 6.07) is 5.28. The number of hydrogen-bond donors (Lipinski definition) is 1. The molecule has 1 aromatic carbocycles. The molecule has 1 aromatic rings. The summed E-state index contributed by atoms with van der Waals surface area (Å²) in [4.78, 5) is 0. The van der Waals surface area contributed by atoms with Gasteiger partial charge in [-0.25, -0.2) is 4.39 Å². The van der Waals surface area contributed by atoms with Crippen LogP contribution in [0.5, 0.6) is 0 Å². The van der Waals surface area contributed by atoms with Crippen LogP contribution in [0.1, 0.15) is 38.7 Å². The highest BCUT2D eigenvalue weighted by Gasteiger charge is 2.11. The molecule has 17 heavy (non-hydrogen) atoms. The summed E-state index contributed by atoms with van der Waals surface area (Å²) in [5.74, 6) is -0.197. The van der Waals surface area contributed by atoms with Crippen LogP contribution in [0, 0.1) is 5.82 Å². The second-order valence-electron chi connectivity index (χ2n) is 4.38. The Bertz CT molecular complexity index is 341. The standard InChI is InChI=1S/C14H21ClFN/c1-3-5-13(17-8-4-2)9-11-6-7-12(15)10-14(11)16/h6-7,10,13,17H,3-5,8-9H2,1-2H3. The van der Waals surface area contributed by atoms with Crippen LogP contribution in [-0.4, -0.2) is 12.6 Å². The molecule has 1 nitrogen and oxygen atoms in total. The number of rotatable bonds is 7. The van der Waals surface area contributed by atoms with Crippen molar-refractivity contribution in [1.29, 1.82) is 0 Å². The second-order valence-corrected chi connectivity index (χ2v) is 4.82. The maximum absolute atomic E-state index is 13.7. The minimum atomic E-state index is -0.197. The lowest BCUT2D eigenvalue weighted by Gasteiger charge is -2.18. The van der Waals surface area contributed by atoms with E-state index < -0.39 is 0 Å². The molecule has 3 heteroatoms. The van der Waals surface area contributed by atoms with Gasteiger partial charge in [0.2, 0.25) is 0 Å². The summed E-state index contributed by atoms with van der Waals surface area (Å²) >= 11 is 5.74. The first-order valence-electron chi connectivity index (χ1n) is 6.34. The van der Waals surface area contributed by atoms with E-state index in [1.807, 2.05) is 0 Å². The van der Waals surface area contributed by atoms with Crippen molar-refractivity contribution in [3.8, 4) is 0 Å². The van der Waals surface area contributed by atoms with Gasteiger partial charge in [-0.3, -0.25) is 0 Å². The van der Waals surface area contributed by atoms with E-state index in [0.717, 1.165) is 37.8 Å². The van der Waals surface area contributed by atoms with Crippen LogP contribution in [0.2, 0.25) is 5.02 Å². The molecule has 0 amide bonds. The molecule has 1 rings (SSSR count). The van der Waals surface area contributed by atoms with Crippen molar-refractivity contribution in [3.05, 3.63) is 34.6 Å². The van der Waals surface area contributed by atoms with E-state index in [4.69, 9.17) is 11.6 Å². The van der Waals surface area contributed by atoms with Gasteiger partial charge in [0.15, 0.2) is 0 Å². The van der Waals surface area contributed by atoms with Crippen LogP contribution in [-0.2, 0) is 6.42 Å². The molecule has 1 unspecified atom stereocenters. The Hall–Kier alpha value is -0.600. The first kappa shape index (κ1) is 14.5. The average Bonchev–Trinajstić information content (AvgIpc) is 2.29. The zero-order valence-electron chi connectivity index (χ0n) is 10.6. The summed E-state index contributed by atoms with van der Waals surface area (Å²) in [6.45, 7) is 5.28. The van der Waals surface area contributed by atoms with Crippen molar-refractivity contribution in [2.45, 2.75) is 45.6 Å². The van der Waals surface area contributed by atoms with Crippen LogP contribution in [0.25, 0.3) is 0 Å². The fourth-order valence-electron chi connectivity index (χ4n) is 1.93. The monoisotopic (exact) mass is 257 g/mol. The van der Waals surface area contributed by atoms with Crippen molar-refractivity contribution in [2.75, 3.05) is 6.54 Å². The van der Waals surface area contributed by atoms with Gasteiger partial charge in [0, 0.05) is 11.1 Å². The Labute approximate surface area is 108 Å². The maximum Gasteiger partial charge on any atom is 0.127 e. The predicted molar refractivity (Wildman–Crippen MR) is 72.1 cm³/mol. The number of halogens is 2. The molecule has 0 aliphatic carbocycles. The van der Waals surface area contributed by atoms with Gasteiger partial charge < -0.3 is 5.32 Å². The maximum atomic E-state index is 13.7. The number of hydrogen-bond acceptors (Lipinski definition) is 1. The molecule has 0 spiro atoms. The van der Waals surface area contributed by atoms with Crippen molar-refractivity contribution in [1.82, 2.24) is 5.32 Å². The van der Waals surface area contributed by atoms with Gasteiger partial charge in [0.25, 0.3) is 0 Å². The molecule has 0 aliphatic heterocycles. The lowest BCUT2D eigenvalue weighted by atomic mass is 10.0. The second kappa shape index (κ2) is 7.67. The quantitative estimate of drug-likeness (QED) is 0.772. The number of benzene rings is 1. The van der Waals surface area contributed by atoms with Crippen LogP contribution in [0.3, 0.4) is 0 Å². The third-order valence-electron chi connectivity index (χ3n) is 2.80. The van der Waals surface area contributed by atoms with Gasteiger partial charge in [0.05, 0.1) is 0 Å². The average molecular weight is 258 g/mol. The molecule has 0 saturated heterocycles. The van der Waals surface area contributed by atoms with Gasteiger partial charge in [0.1, 0.15) is 5.82 Å². The summed E-state index contributed by atoms with van der Waals surface area (Å²) in [7, 11) is 0. The molecule has 0 aromatic heterocycles. The summed E-state index contributed by atoms with van der Waals surface area (Å²) in [6.07, 6.45) is 4.01. The first-order valence-corrected chi connectivity index (χ1v) is 6.72. The van der Waals surface area contributed by atoms with E-state index >= 15 is 0 Å². The lowest BCUT2D eigenvalue weighted by Crippen LogP contribution is -2.31. The first-order chi connectivity index (χ1) is 8.17. The molecule has 0 saturated carbocycles. The predicted octanol–water partition coefficient (Wildman–Crippen LogP) is 4.19. The van der Waals surface area contributed by atoms with E-state index in [1.54, 1.807) is 12.1 Å². The zero-order valence-corrected chi connectivity index (χ0v) is 11.4. The van der Waals surface area contributed by atoms with E-state index in [0.29, 0.717) is 11.1 Å². The van der Waals surface area contributed by atoms with Crippen molar-refractivity contribution < 1.29 is 4.39 Å². The van der Waals surface area contributed by atoms with E-state index in [9.17, 15) is 4.39 Å². The summed E-state index contributed by atoms with van der Waals surface area (Å²) < 4.78 is 13.7.